The van der Waals surface area contributed by atoms with E-state index in [4.69, 9.17) is 5.73 Å². The number of nitrogens with two attached hydrogens (primary N) is 1. The van der Waals surface area contributed by atoms with Crippen LogP contribution in [-0.2, 0) is 20.3 Å². The second kappa shape index (κ2) is 5.26. The van der Waals surface area contributed by atoms with Crippen molar-refractivity contribution in [3.8, 4) is 0 Å². The zero-order valence-corrected chi connectivity index (χ0v) is 7.52. The third kappa shape index (κ3) is 4.10. The zero-order valence-electron chi connectivity index (χ0n) is 6.70. The molecule has 4 nitrogen and oxygen atoms in total. The minimum Gasteiger partial charge on any atom is -0.468 e. The first-order valence-electron chi connectivity index (χ1n) is 3.30. The smallest absolute Gasteiger partial charge is 0.323 e. The van der Waals surface area contributed by atoms with Crippen molar-refractivity contribution in [2.75, 3.05) is 18.6 Å². The van der Waals surface area contributed by atoms with Gasteiger partial charge in [0.1, 0.15) is 6.04 Å². The number of esters is 1. The number of ether oxygens (including phenoxy) is 1. The second-order valence-corrected chi connectivity index (χ2v) is 3.82. The van der Waals surface area contributed by atoms with E-state index in [2.05, 4.69) is 4.74 Å². The summed E-state index contributed by atoms with van der Waals surface area (Å²) in [5.74, 6) is 0.195. The highest BCUT2D eigenvalue weighted by Crippen LogP contribution is 1.89. The first-order chi connectivity index (χ1) is 5.11. The van der Waals surface area contributed by atoms with Gasteiger partial charge in [-0.2, -0.15) is 0 Å². The van der Waals surface area contributed by atoms with Crippen LogP contribution in [0.15, 0.2) is 0 Å². The first-order valence-corrected chi connectivity index (χ1v) is 4.79. The largest absolute Gasteiger partial charge is 0.468 e. The van der Waals surface area contributed by atoms with Crippen LogP contribution in [0.2, 0.25) is 0 Å². The summed E-state index contributed by atoms with van der Waals surface area (Å²) in [5.41, 5.74) is 5.34. The Morgan fingerprint density at radius 1 is 1.73 bits per heavy atom. The molecule has 66 valence electrons. The monoisotopic (exact) mass is 179 g/mol. The Morgan fingerprint density at radius 2 is 2.27 bits per heavy atom. The molecule has 0 aromatic rings. The molecule has 0 radical (unpaired) electrons. The predicted octanol–water partition coefficient (Wildman–Crippen LogP) is -0.745. The molecule has 0 rings (SSSR count). The number of rotatable bonds is 4. The van der Waals surface area contributed by atoms with Crippen molar-refractivity contribution in [3.05, 3.63) is 0 Å². The number of hydrogen-bond acceptors (Lipinski definition) is 4. The van der Waals surface area contributed by atoms with Gasteiger partial charge in [0.05, 0.1) is 7.11 Å². The Balaban J connectivity index is 3.77. The third-order valence-corrected chi connectivity index (χ3v) is 2.57. The summed E-state index contributed by atoms with van der Waals surface area (Å²) in [7, 11) is 0.256. The second-order valence-electron chi connectivity index (χ2n) is 2.02. The Hall–Kier alpha value is -0.420. The maximum Gasteiger partial charge on any atom is 0.323 e. The summed E-state index contributed by atoms with van der Waals surface area (Å²) < 4.78 is 15.2. The van der Waals surface area contributed by atoms with Gasteiger partial charge in [-0.05, 0) is 0 Å². The highest BCUT2D eigenvalue weighted by molar-refractivity contribution is 7.85. The van der Waals surface area contributed by atoms with Crippen LogP contribution in [0.5, 0.6) is 0 Å². The van der Waals surface area contributed by atoms with Crippen LogP contribution in [0.4, 0.5) is 0 Å². The SMILES string of the molecule is CCS(=O)C[C@H](N)C(=O)OC. The molecule has 5 heteroatoms. The molecule has 0 saturated carbocycles. The fourth-order valence-electron chi connectivity index (χ4n) is 0.538. The van der Waals surface area contributed by atoms with Crippen LogP contribution in [0.1, 0.15) is 6.92 Å². The van der Waals surface area contributed by atoms with Crippen molar-refractivity contribution < 1.29 is 13.7 Å². The molecule has 0 aromatic heterocycles. The van der Waals surface area contributed by atoms with E-state index in [1.807, 2.05) is 0 Å². The van der Waals surface area contributed by atoms with Gasteiger partial charge in [0, 0.05) is 22.3 Å². The molecular formula is C6H13NO3S. The van der Waals surface area contributed by atoms with Crippen molar-refractivity contribution in [1.82, 2.24) is 0 Å². The summed E-state index contributed by atoms with van der Waals surface area (Å²) in [6.07, 6.45) is 0. The average molecular weight is 179 g/mol. The summed E-state index contributed by atoms with van der Waals surface area (Å²) in [4.78, 5) is 10.7. The minimum atomic E-state index is -1.01. The van der Waals surface area contributed by atoms with Gasteiger partial charge in [0.15, 0.2) is 0 Å². The maximum atomic E-state index is 10.9. The molecule has 0 saturated heterocycles. The van der Waals surface area contributed by atoms with Crippen LogP contribution in [0, 0.1) is 0 Å². The topological polar surface area (TPSA) is 69.4 Å². The normalized spacial score (nSPS) is 15.5. The minimum absolute atomic E-state index is 0.184. The summed E-state index contributed by atoms with van der Waals surface area (Å²) >= 11 is 0. The van der Waals surface area contributed by atoms with Gasteiger partial charge in [0.25, 0.3) is 0 Å². The lowest BCUT2D eigenvalue weighted by Gasteiger charge is -2.06. The lowest BCUT2D eigenvalue weighted by atomic mass is 10.4. The number of carbonyl (C=O) groups excluding carboxylic acids is 1. The van der Waals surface area contributed by atoms with Crippen molar-refractivity contribution in [2.24, 2.45) is 5.73 Å². The fraction of sp³-hybridized carbons (Fsp3) is 0.833. The summed E-state index contributed by atoms with van der Waals surface area (Å²) in [6, 6.07) is -0.749. The molecule has 2 atom stereocenters. The van der Waals surface area contributed by atoms with Crippen LogP contribution in [0.25, 0.3) is 0 Å². The van der Waals surface area contributed by atoms with E-state index in [-0.39, 0.29) is 5.75 Å². The van der Waals surface area contributed by atoms with E-state index in [1.165, 1.54) is 7.11 Å². The van der Waals surface area contributed by atoms with E-state index >= 15 is 0 Å². The molecule has 0 aliphatic heterocycles. The summed E-state index contributed by atoms with van der Waals surface area (Å²) in [6.45, 7) is 1.78. The van der Waals surface area contributed by atoms with Crippen molar-refractivity contribution in [1.29, 1.82) is 0 Å². The molecule has 2 N–H and O–H groups in total. The maximum absolute atomic E-state index is 10.9. The van der Waals surface area contributed by atoms with E-state index in [1.54, 1.807) is 6.92 Å². The number of methoxy groups -OCH3 is 1. The molecule has 0 aromatic carbocycles. The van der Waals surface area contributed by atoms with Crippen LogP contribution in [-0.4, -0.2) is 34.8 Å². The quantitative estimate of drug-likeness (QED) is 0.577. The number of hydrogen-bond donors (Lipinski definition) is 1. The van der Waals surface area contributed by atoms with Gasteiger partial charge in [-0.25, -0.2) is 0 Å². The first kappa shape index (κ1) is 10.6. The molecular weight excluding hydrogens is 166 g/mol. The molecule has 11 heavy (non-hydrogen) atoms. The van der Waals surface area contributed by atoms with Gasteiger partial charge in [-0.1, -0.05) is 6.92 Å². The van der Waals surface area contributed by atoms with Gasteiger partial charge in [-0.15, -0.1) is 0 Å². The Kier molecular flexibility index (Phi) is 5.06. The molecule has 0 spiro atoms. The van der Waals surface area contributed by atoms with E-state index in [0.29, 0.717) is 5.75 Å². The van der Waals surface area contributed by atoms with Gasteiger partial charge in [-0.3, -0.25) is 9.00 Å². The average Bonchev–Trinajstić information content (AvgIpc) is 2.02. The van der Waals surface area contributed by atoms with Crippen LogP contribution < -0.4 is 5.73 Å². The van der Waals surface area contributed by atoms with Crippen molar-refractivity contribution in [2.45, 2.75) is 13.0 Å². The van der Waals surface area contributed by atoms with Gasteiger partial charge >= 0.3 is 5.97 Å². The molecule has 0 aliphatic carbocycles. The molecule has 1 unspecified atom stereocenters. The van der Waals surface area contributed by atoms with Gasteiger partial charge in [0.2, 0.25) is 0 Å². The van der Waals surface area contributed by atoms with E-state index in [0.717, 1.165) is 0 Å². The molecule has 0 amide bonds. The molecule has 0 heterocycles. The highest BCUT2D eigenvalue weighted by Gasteiger charge is 2.15. The Morgan fingerprint density at radius 3 is 2.64 bits per heavy atom. The van der Waals surface area contributed by atoms with Crippen LogP contribution in [0.3, 0.4) is 0 Å². The standard InChI is InChI=1S/C6H13NO3S/c1-3-11(9)4-5(7)6(8)10-2/h5H,3-4,7H2,1-2H3/t5-,11?/m0/s1. The number of carbonyl (C=O) groups is 1. The van der Waals surface area contributed by atoms with Gasteiger partial charge < -0.3 is 10.5 Å². The zero-order chi connectivity index (χ0) is 8.85. The Bertz CT molecular complexity index is 160. The predicted molar refractivity (Wildman–Crippen MR) is 43.5 cm³/mol. The third-order valence-electron chi connectivity index (χ3n) is 1.19. The summed E-state index contributed by atoms with van der Waals surface area (Å²) in [5, 5.41) is 0. The lowest BCUT2D eigenvalue weighted by Crippen LogP contribution is -2.36. The molecule has 0 aliphatic rings. The van der Waals surface area contributed by atoms with E-state index < -0.39 is 22.8 Å². The molecule has 0 fully saturated rings. The van der Waals surface area contributed by atoms with E-state index in [9.17, 15) is 9.00 Å². The lowest BCUT2D eigenvalue weighted by molar-refractivity contribution is -0.141. The molecule has 0 bridgehead atoms. The van der Waals surface area contributed by atoms with Crippen molar-refractivity contribution >= 4 is 16.8 Å². The van der Waals surface area contributed by atoms with Crippen molar-refractivity contribution in [3.63, 3.8) is 0 Å². The highest BCUT2D eigenvalue weighted by atomic mass is 32.2. The fourth-order valence-corrected chi connectivity index (χ4v) is 1.31. The van der Waals surface area contributed by atoms with Crippen LogP contribution >= 0.6 is 0 Å². The Labute approximate surface area is 68.6 Å².